The lowest BCUT2D eigenvalue weighted by molar-refractivity contribution is -0.141. The van der Waals surface area contributed by atoms with Gasteiger partial charge in [-0.2, -0.15) is 17.6 Å². The third kappa shape index (κ3) is 2.76. The summed E-state index contributed by atoms with van der Waals surface area (Å²) in [6, 6.07) is 7.21. The number of hydrogen-bond donors (Lipinski definition) is 2. The smallest absolute Gasteiger partial charge is 0.328 e. The van der Waals surface area contributed by atoms with Crippen LogP contribution in [0.25, 0.3) is 11.1 Å². The van der Waals surface area contributed by atoms with Crippen molar-refractivity contribution in [3.05, 3.63) is 24.3 Å². The van der Waals surface area contributed by atoms with Gasteiger partial charge in [0.25, 0.3) is 6.01 Å². The summed E-state index contributed by atoms with van der Waals surface area (Å²) in [6.07, 6.45) is 0.536. The van der Waals surface area contributed by atoms with Crippen molar-refractivity contribution in [2.75, 3.05) is 18.2 Å². The highest BCUT2D eigenvalue weighted by molar-refractivity contribution is 7.80. The summed E-state index contributed by atoms with van der Waals surface area (Å²) in [4.78, 5) is 15.8. The summed E-state index contributed by atoms with van der Waals surface area (Å²) in [5.41, 5.74) is 1.42. The molecule has 0 fully saturated rings. The number of ether oxygens (including phenoxy) is 1. The average molecular weight is 266 g/mol. The van der Waals surface area contributed by atoms with Crippen LogP contribution in [0.4, 0.5) is 6.01 Å². The van der Waals surface area contributed by atoms with Gasteiger partial charge < -0.3 is 14.5 Å². The van der Waals surface area contributed by atoms with Crippen molar-refractivity contribution in [1.29, 1.82) is 0 Å². The van der Waals surface area contributed by atoms with E-state index in [1.54, 1.807) is 0 Å². The number of methoxy groups -OCH3 is 1. The summed E-state index contributed by atoms with van der Waals surface area (Å²) in [7, 11) is 1.35. The predicted octanol–water partition coefficient (Wildman–Crippen LogP) is 2.10. The first-order valence-electron chi connectivity index (χ1n) is 5.55. The van der Waals surface area contributed by atoms with Crippen molar-refractivity contribution in [2.24, 2.45) is 0 Å². The molecule has 1 aromatic heterocycles. The van der Waals surface area contributed by atoms with Gasteiger partial charge in [-0.05, 0) is 24.3 Å². The summed E-state index contributed by atoms with van der Waals surface area (Å²) < 4.78 is 10.2. The topological polar surface area (TPSA) is 64.4 Å². The van der Waals surface area contributed by atoms with Crippen molar-refractivity contribution in [3.63, 3.8) is 0 Å². The van der Waals surface area contributed by atoms with Gasteiger partial charge in [0.2, 0.25) is 0 Å². The third-order valence-electron chi connectivity index (χ3n) is 2.50. The molecule has 96 valence electrons. The largest absolute Gasteiger partial charge is 0.467 e. The number of carbonyl (C=O) groups is 1. The van der Waals surface area contributed by atoms with Crippen LogP contribution in [0.3, 0.4) is 0 Å². The molecule has 1 atom stereocenters. The van der Waals surface area contributed by atoms with Gasteiger partial charge in [0.05, 0.1) is 7.11 Å². The van der Waals surface area contributed by atoms with Crippen LogP contribution in [0.2, 0.25) is 0 Å². The zero-order valence-electron chi connectivity index (χ0n) is 9.92. The number of aromatic nitrogens is 1. The van der Waals surface area contributed by atoms with Crippen LogP contribution in [0, 0.1) is 0 Å². The minimum atomic E-state index is -0.499. The van der Waals surface area contributed by atoms with Crippen molar-refractivity contribution in [2.45, 2.75) is 12.5 Å². The summed E-state index contributed by atoms with van der Waals surface area (Å²) in [6.45, 7) is 0. The molecule has 2 aromatic rings. The number of esters is 1. The maximum Gasteiger partial charge on any atom is 0.328 e. The van der Waals surface area contributed by atoms with E-state index < -0.39 is 6.04 Å². The molecule has 0 aliphatic rings. The fourth-order valence-electron chi connectivity index (χ4n) is 1.60. The Balaban J connectivity index is 2.17. The SMILES string of the molecule is COC(=O)C(CCS)Nc1nc2ccccc2o1. The van der Waals surface area contributed by atoms with Crippen LogP contribution in [-0.2, 0) is 9.53 Å². The molecule has 5 nitrogen and oxygen atoms in total. The second-order valence-corrected chi connectivity index (χ2v) is 4.17. The van der Waals surface area contributed by atoms with E-state index in [9.17, 15) is 4.79 Å². The molecule has 0 saturated carbocycles. The van der Waals surface area contributed by atoms with E-state index in [1.807, 2.05) is 24.3 Å². The number of hydrogen-bond acceptors (Lipinski definition) is 6. The van der Waals surface area contributed by atoms with E-state index in [1.165, 1.54) is 7.11 Å². The lowest BCUT2D eigenvalue weighted by atomic mass is 10.2. The van der Waals surface area contributed by atoms with Crippen molar-refractivity contribution in [1.82, 2.24) is 4.98 Å². The standard InChI is InChI=1S/C12H14N2O3S/c1-16-11(15)9(6-7-18)14-12-13-8-4-2-3-5-10(8)17-12/h2-5,9,18H,6-7H2,1H3,(H,13,14). The van der Waals surface area contributed by atoms with E-state index >= 15 is 0 Å². The molecule has 1 aromatic carbocycles. The number of fused-ring (bicyclic) bond motifs is 1. The Morgan fingerprint density at radius 2 is 2.33 bits per heavy atom. The van der Waals surface area contributed by atoms with E-state index in [-0.39, 0.29) is 5.97 Å². The third-order valence-corrected chi connectivity index (χ3v) is 2.75. The van der Waals surface area contributed by atoms with Crippen molar-refractivity contribution in [3.8, 4) is 0 Å². The number of nitrogens with zero attached hydrogens (tertiary/aromatic N) is 1. The molecule has 1 N–H and O–H groups in total. The zero-order valence-corrected chi connectivity index (χ0v) is 10.8. The Labute approximate surface area is 110 Å². The maximum atomic E-state index is 11.5. The van der Waals surface area contributed by atoms with E-state index in [0.717, 1.165) is 5.52 Å². The number of benzene rings is 1. The monoisotopic (exact) mass is 266 g/mol. The number of carbonyl (C=O) groups excluding carboxylic acids is 1. The minimum Gasteiger partial charge on any atom is -0.467 e. The first-order chi connectivity index (χ1) is 8.74. The van der Waals surface area contributed by atoms with Gasteiger partial charge in [-0.25, -0.2) is 4.79 Å². The van der Waals surface area contributed by atoms with Gasteiger partial charge in [-0.1, -0.05) is 12.1 Å². The van der Waals surface area contributed by atoms with Crippen molar-refractivity contribution >= 4 is 35.7 Å². The second-order valence-electron chi connectivity index (χ2n) is 3.72. The van der Waals surface area contributed by atoms with Gasteiger partial charge in [-0.3, -0.25) is 0 Å². The zero-order chi connectivity index (χ0) is 13.0. The van der Waals surface area contributed by atoms with Gasteiger partial charge in [-0.15, -0.1) is 0 Å². The lowest BCUT2D eigenvalue weighted by Gasteiger charge is -2.13. The Kier molecular flexibility index (Phi) is 4.09. The van der Waals surface area contributed by atoms with Crippen LogP contribution >= 0.6 is 12.6 Å². The molecule has 0 aliphatic heterocycles. The van der Waals surface area contributed by atoms with Gasteiger partial charge >= 0.3 is 5.97 Å². The Morgan fingerprint density at radius 3 is 3.00 bits per heavy atom. The normalized spacial score (nSPS) is 12.3. The summed E-state index contributed by atoms with van der Waals surface area (Å²) in [5, 5.41) is 2.92. The van der Waals surface area contributed by atoms with Crippen LogP contribution in [0.1, 0.15) is 6.42 Å². The molecule has 0 aliphatic carbocycles. The molecule has 1 unspecified atom stereocenters. The Hall–Kier alpha value is -1.69. The number of thiol groups is 1. The molecule has 6 heteroatoms. The van der Waals surface area contributed by atoms with E-state index in [4.69, 9.17) is 9.15 Å². The number of nitrogens with one attached hydrogen (secondary N) is 1. The minimum absolute atomic E-state index is 0.313. The Morgan fingerprint density at radius 1 is 1.56 bits per heavy atom. The fourth-order valence-corrected chi connectivity index (χ4v) is 1.86. The van der Waals surface area contributed by atoms with Crippen LogP contribution < -0.4 is 5.32 Å². The average Bonchev–Trinajstić information content (AvgIpc) is 2.79. The quantitative estimate of drug-likeness (QED) is 0.641. The Bertz CT molecular complexity index is 508. The number of anilines is 1. The lowest BCUT2D eigenvalue weighted by Crippen LogP contribution is -2.31. The molecule has 0 bridgehead atoms. The van der Waals surface area contributed by atoms with Crippen LogP contribution in [0.5, 0.6) is 0 Å². The molecule has 0 amide bonds. The highest BCUT2D eigenvalue weighted by atomic mass is 32.1. The molecule has 2 rings (SSSR count). The molecule has 0 spiro atoms. The second kappa shape index (κ2) is 5.77. The predicted molar refractivity (Wildman–Crippen MR) is 71.9 cm³/mol. The summed E-state index contributed by atoms with van der Waals surface area (Å²) >= 11 is 4.11. The first-order valence-corrected chi connectivity index (χ1v) is 6.18. The van der Waals surface area contributed by atoms with Crippen LogP contribution in [-0.4, -0.2) is 29.9 Å². The number of oxazole rings is 1. The molecule has 0 radical (unpaired) electrons. The number of rotatable bonds is 5. The fraction of sp³-hybridized carbons (Fsp3) is 0.333. The molecular weight excluding hydrogens is 252 g/mol. The molecule has 18 heavy (non-hydrogen) atoms. The molecular formula is C12H14N2O3S. The van der Waals surface area contributed by atoms with Crippen LogP contribution in [0.15, 0.2) is 28.7 Å². The molecule has 1 heterocycles. The summed E-state index contributed by atoms with van der Waals surface area (Å²) in [5.74, 6) is 0.207. The van der Waals surface area contributed by atoms with Gasteiger partial charge in [0.1, 0.15) is 11.6 Å². The first kappa shape index (κ1) is 12.8. The maximum absolute atomic E-state index is 11.5. The van der Waals surface area contributed by atoms with Gasteiger partial charge in [0, 0.05) is 0 Å². The van der Waals surface area contributed by atoms with E-state index in [2.05, 4.69) is 22.9 Å². The molecule has 0 saturated heterocycles. The van der Waals surface area contributed by atoms with Crippen molar-refractivity contribution < 1.29 is 13.9 Å². The highest BCUT2D eigenvalue weighted by Crippen LogP contribution is 2.19. The van der Waals surface area contributed by atoms with E-state index in [0.29, 0.717) is 23.8 Å². The highest BCUT2D eigenvalue weighted by Gasteiger charge is 2.20. The van der Waals surface area contributed by atoms with Gasteiger partial charge in [0.15, 0.2) is 5.58 Å². The number of para-hydroxylation sites is 2.